The van der Waals surface area contributed by atoms with Crippen molar-refractivity contribution in [3.63, 3.8) is 0 Å². The average Bonchev–Trinajstić information content (AvgIpc) is 2.37. The normalized spacial score (nSPS) is 19.3. The summed E-state index contributed by atoms with van der Waals surface area (Å²) in [7, 11) is 1.33. The molecule has 0 amide bonds. The van der Waals surface area contributed by atoms with Crippen LogP contribution < -0.4 is 0 Å². The lowest BCUT2D eigenvalue weighted by atomic mass is 9.86. The molecule has 1 aliphatic carbocycles. The number of allylic oxidation sites excluding steroid dienone is 2. The summed E-state index contributed by atoms with van der Waals surface area (Å²) in [6.45, 7) is 0. The number of ether oxygens (including phenoxy) is 1. The van der Waals surface area contributed by atoms with Crippen LogP contribution in [-0.2, 0) is 9.53 Å². The van der Waals surface area contributed by atoms with Crippen LogP contribution in [0.1, 0.15) is 34.7 Å². The van der Waals surface area contributed by atoms with Gasteiger partial charge in [0.25, 0.3) is 0 Å². The molecule has 0 saturated carbocycles. The van der Waals surface area contributed by atoms with Gasteiger partial charge in [-0.3, -0.25) is 4.79 Å². The average molecular weight is 246 g/mol. The van der Waals surface area contributed by atoms with Crippen LogP contribution in [0.2, 0.25) is 0 Å². The number of methoxy groups -OCH3 is 1. The molecule has 0 fully saturated rings. The Morgan fingerprint density at radius 3 is 2.50 bits per heavy atom. The second kappa shape index (κ2) is 5.04. The van der Waals surface area contributed by atoms with Gasteiger partial charge >= 0.3 is 5.97 Å². The molecule has 4 nitrogen and oxygen atoms in total. The molecule has 0 saturated heterocycles. The van der Waals surface area contributed by atoms with E-state index in [-0.39, 0.29) is 23.4 Å². The molecule has 0 radical (unpaired) electrons. The van der Waals surface area contributed by atoms with Crippen molar-refractivity contribution in [3.8, 4) is 0 Å². The first-order valence-corrected chi connectivity index (χ1v) is 5.71. The Morgan fingerprint density at radius 1 is 1.28 bits per heavy atom. The molecule has 1 unspecified atom stereocenters. The molecule has 0 aromatic heterocycles. The lowest BCUT2D eigenvalue weighted by Crippen LogP contribution is -2.12. The summed E-state index contributed by atoms with van der Waals surface area (Å²) in [6, 6.07) is 6.92. The molecule has 1 N–H and O–H groups in total. The largest absolute Gasteiger partial charge is 0.512 e. The van der Waals surface area contributed by atoms with Gasteiger partial charge in [0.2, 0.25) is 0 Å². The third-order valence-electron chi connectivity index (χ3n) is 3.03. The van der Waals surface area contributed by atoms with E-state index in [9.17, 15) is 14.7 Å². The fraction of sp³-hybridized carbons (Fsp3) is 0.286. The van der Waals surface area contributed by atoms with E-state index in [1.54, 1.807) is 24.3 Å². The molecular weight excluding hydrogens is 232 g/mol. The van der Waals surface area contributed by atoms with E-state index in [0.29, 0.717) is 18.4 Å². The van der Waals surface area contributed by atoms with E-state index >= 15 is 0 Å². The van der Waals surface area contributed by atoms with E-state index in [4.69, 9.17) is 0 Å². The second-order valence-electron chi connectivity index (χ2n) is 4.32. The smallest absolute Gasteiger partial charge is 0.337 e. The molecule has 0 heterocycles. The van der Waals surface area contributed by atoms with Crippen LogP contribution in [0.15, 0.2) is 36.1 Å². The Bertz CT molecular complexity index is 499. The maximum Gasteiger partial charge on any atom is 0.337 e. The topological polar surface area (TPSA) is 63.6 Å². The van der Waals surface area contributed by atoms with Crippen LogP contribution in [0.25, 0.3) is 0 Å². The first-order valence-electron chi connectivity index (χ1n) is 5.71. The minimum absolute atomic E-state index is 0.0193. The van der Waals surface area contributed by atoms with Gasteiger partial charge in [-0.15, -0.1) is 0 Å². The maximum absolute atomic E-state index is 11.4. The van der Waals surface area contributed by atoms with Gasteiger partial charge < -0.3 is 9.84 Å². The lowest BCUT2D eigenvalue weighted by molar-refractivity contribution is -0.115. The third-order valence-corrected chi connectivity index (χ3v) is 3.03. The summed E-state index contributed by atoms with van der Waals surface area (Å²) in [4.78, 5) is 22.6. The zero-order valence-electron chi connectivity index (χ0n) is 10.1. The molecule has 2 rings (SSSR count). The standard InChI is InChI=1S/C14H14O4/c1-18-14(17)10-4-2-9(3-5-10)11-6-12(15)8-13(16)7-11/h2-5,8,11,15H,6-7H2,1H3. The summed E-state index contributed by atoms with van der Waals surface area (Å²) in [5.41, 5.74) is 1.42. The van der Waals surface area contributed by atoms with Crippen LogP contribution in [0, 0.1) is 0 Å². The number of aliphatic hydroxyl groups is 1. The van der Waals surface area contributed by atoms with Crippen molar-refractivity contribution >= 4 is 11.8 Å². The fourth-order valence-corrected chi connectivity index (χ4v) is 2.12. The summed E-state index contributed by atoms with van der Waals surface area (Å²) < 4.78 is 4.61. The first kappa shape index (κ1) is 12.4. The minimum atomic E-state index is -0.385. The van der Waals surface area contributed by atoms with Crippen molar-refractivity contribution in [2.75, 3.05) is 7.11 Å². The quantitative estimate of drug-likeness (QED) is 0.813. The molecule has 4 heteroatoms. The number of hydrogen-bond acceptors (Lipinski definition) is 4. The van der Waals surface area contributed by atoms with Gasteiger partial charge in [-0.05, 0) is 23.6 Å². The number of aliphatic hydroxyl groups excluding tert-OH is 1. The summed E-state index contributed by atoms with van der Waals surface area (Å²) in [5.74, 6) is -0.354. The molecule has 1 aromatic rings. The lowest BCUT2D eigenvalue weighted by Gasteiger charge is -2.19. The van der Waals surface area contributed by atoms with Crippen LogP contribution in [0.4, 0.5) is 0 Å². The Kier molecular flexibility index (Phi) is 3.46. The Morgan fingerprint density at radius 2 is 1.94 bits per heavy atom. The summed E-state index contributed by atoms with van der Waals surface area (Å²) >= 11 is 0. The number of rotatable bonds is 2. The molecule has 18 heavy (non-hydrogen) atoms. The number of carbonyl (C=O) groups is 2. The van der Waals surface area contributed by atoms with Gasteiger partial charge in [-0.25, -0.2) is 4.79 Å². The van der Waals surface area contributed by atoms with Gasteiger partial charge in [-0.2, -0.15) is 0 Å². The number of benzene rings is 1. The Labute approximate surface area is 105 Å². The molecule has 0 spiro atoms. The summed E-state index contributed by atoms with van der Waals surface area (Å²) in [5, 5.41) is 9.46. The van der Waals surface area contributed by atoms with Crippen molar-refractivity contribution in [1.82, 2.24) is 0 Å². The monoisotopic (exact) mass is 246 g/mol. The third kappa shape index (κ3) is 2.59. The number of ketones is 1. The Balaban J connectivity index is 2.18. The number of hydrogen-bond donors (Lipinski definition) is 1. The zero-order valence-corrected chi connectivity index (χ0v) is 10.1. The maximum atomic E-state index is 11.4. The van der Waals surface area contributed by atoms with E-state index in [1.165, 1.54) is 13.2 Å². The van der Waals surface area contributed by atoms with Gasteiger partial charge in [0, 0.05) is 18.9 Å². The van der Waals surface area contributed by atoms with Crippen molar-refractivity contribution in [2.45, 2.75) is 18.8 Å². The molecule has 1 aliphatic rings. The predicted octanol–water partition coefficient (Wildman–Crippen LogP) is 2.36. The number of esters is 1. The highest BCUT2D eigenvalue weighted by atomic mass is 16.5. The molecule has 1 aromatic carbocycles. The number of carbonyl (C=O) groups excluding carboxylic acids is 2. The van der Waals surface area contributed by atoms with Crippen LogP contribution in [0.5, 0.6) is 0 Å². The minimum Gasteiger partial charge on any atom is -0.512 e. The predicted molar refractivity (Wildman–Crippen MR) is 65.5 cm³/mol. The van der Waals surface area contributed by atoms with E-state index in [0.717, 1.165) is 5.56 Å². The van der Waals surface area contributed by atoms with Gasteiger partial charge in [0.15, 0.2) is 5.78 Å². The van der Waals surface area contributed by atoms with E-state index < -0.39 is 0 Å². The van der Waals surface area contributed by atoms with Crippen molar-refractivity contribution < 1.29 is 19.4 Å². The van der Waals surface area contributed by atoms with Crippen molar-refractivity contribution in [2.24, 2.45) is 0 Å². The van der Waals surface area contributed by atoms with Crippen LogP contribution >= 0.6 is 0 Å². The summed E-state index contributed by atoms with van der Waals surface area (Å²) in [6.07, 6.45) is 2.13. The highest BCUT2D eigenvalue weighted by Crippen LogP contribution is 2.30. The zero-order chi connectivity index (χ0) is 13.1. The molecule has 94 valence electrons. The first-order chi connectivity index (χ1) is 8.60. The SMILES string of the molecule is COC(=O)c1ccc(C2CC(=O)C=C(O)C2)cc1. The molecular formula is C14H14O4. The highest BCUT2D eigenvalue weighted by Gasteiger charge is 2.22. The molecule has 1 atom stereocenters. The van der Waals surface area contributed by atoms with Crippen LogP contribution in [0.3, 0.4) is 0 Å². The second-order valence-corrected chi connectivity index (χ2v) is 4.32. The fourth-order valence-electron chi connectivity index (χ4n) is 2.12. The molecule has 0 aliphatic heterocycles. The molecule has 0 bridgehead atoms. The van der Waals surface area contributed by atoms with E-state index in [1.807, 2.05) is 0 Å². The highest BCUT2D eigenvalue weighted by molar-refractivity contribution is 5.92. The van der Waals surface area contributed by atoms with E-state index in [2.05, 4.69) is 4.74 Å². The Hall–Kier alpha value is -2.10. The van der Waals surface area contributed by atoms with Crippen molar-refractivity contribution in [3.05, 3.63) is 47.2 Å². The van der Waals surface area contributed by atoms with Gasteiger partial charge in [-0.1, -0.05) is 12.1 Å². The van der Waals surface area contributed by atoms with Gasteiger partial charge in [0.1, 0.15) is 0 Å². The van der Waals surface area contributed by atoms with Crippen molar-refractivity contribution in [1.29, 1.82) is 0 Å². The van der Waals surface area contributed by atoms with Gasteiger partial charge in [0.05, 0.1) is 18.4 Å². The van der Waals surface area contributed by atoms with Crippen LogP contribution in [-0.4, -0.2) is 24.0 Å².